The average Bonchev–Trinajstić information content (AvgIpc) is 3.12. The van der Waals surface area contributed by atoms with Crippen LogP contribution in [0.4, 0.5) is 0 Å². The number of aromatic nitrogens is 2. The highest BCUT2D eigenvalue weighted by Gasteiger charge is 2.19. The lowest BCUT2D eigenvalue weighted by Crippen LogP contribution is -2.49. The molecule has 3 aromatic rings. The quantitative estimate of drug-likeness (QED) is 0.534. The smallest absolute Gasteiger partial charge is 0.234 e. The number of rotatable bonds is 9. The molecule has 0 bridgehead atoms. The number of aryl methyl sites for hydroxylation is 1. The predicted molar refractivity (Wildman–Crippen MR) is 137 cm³/mol. The molecule has 1 amide bonds. The summed E-state index contributed by atoms with van der Waals surface area (Å²) in [6.07, 6.45) is 4.39. The van der Waals surface area contributed by atoms with Crippen LogP contribution in [0.1, 0.15) is 28.1 Å². The van der Waals surface area contributed by atoms with Gasteiger partial charge in [0, 0.05) is 50.5 Å². The fourth-order valence-electron chi connectivity index (χ4n) is 4.38. The number of amides is 1. The second-order valence-electron chi connectivity index (χ2n) is 8.96. The highest BCUT2D eigenvalue weighted by atomic mass is 16.2. The van der Waals surface area contributed by atoms with Gasteiger partial charge < -0.3 is 5.32 Å². The molecule has 0 saturated carbocycles. The van der Waals surface area contributed by atoms with Gasteiger partial charge in [0.25, 0.3) is 0 Å². The summed E-state index contributed by atoms with van der Waals surface area (Å²) in [4.78, 5) is 17.3. The maximum Gasteiger partial charge on any atom is 0.234 e. The molecule has 2 heterocycles. The van der Waals surface area contributed by atoms with E-state index in [-0.39, 0.29) is 5.91 Å². The summed E-state index contributed by atoms with van der Waals surface area (Å²) in [6.45, 7) is 10.6. The molecule has 178 valence electrons. The first-order valence-corrected chi connectivity index (χ1v) is 12.1. The fourth-order valence-corrected chi connectivity index (χ4v) is 4.38. The van der Waals surface area contributed by atoms with Crippen molar-refractivity contribution in [3.05, 3.63) is 94.8 Å². The van der Waals surface area contributed by atoms with Gasteiger partial charge in [-0.05, 0) is 25.0 Å². The van der Waals surface area contributed by atoms with Gasteiger partial charge in [0.05, 0.1) is 18.8 Å². The standard InChI is InChI=1S/C28H35N5O/c1-23-27(24(2)33(30-23)21-26-12-7-4-8-13-26)20-29-28(34)22-32-18-16-31(17-19-32)15-9-14-25-10-5-3-6-11-25/h3-14H,15-22H2,1-2H3,(H,29,34). The topological polar surface area (TPSA) is 53.4 Å². The molecule has 0 unspecified atom stereocenters. The molecule has 6 heteroatoms. The Kier molecular flexibility index (Phi) is 8.28. The van der Waals surface area contributed by atoms with Gasteiger partial charge >= 0.3 is 0 Å². The van der Waals surface area contributed by atoms with E-state index >= 15 is 0 Å². The highest BCUT2D eigenvalue weighted by molar-refractivity contribution is 5.78. The molecule has 34 heavy (non-hydrogen) atoms. The molecular weight excluding hydrogens is 422 g/mol. The number of nitrogens with one attached hydrogen (secondary N) is 1. The lowest BCUT2D eigenvalue weighted by atomic mass is 10.2. The lowest BCUT2D eigenvalue weighted by molar-refractivity contribution is -0.122. The van der Waals surface area contributed by atoms with Crippen molar-refractivity contribution in [1.29, 1.82) is 0 Å². The Balaban J connectivity index is 1.19. The van der Waals surface area contributed by atoms with Gasteiger partial charge in [0.1, 0.15) is 0 Å². The van der Waals surface area contributed by atoms with Crippen LogP contribution in [0.25, 0.3) is 6.08 Å². The van der Waals surface area contributed by atoms with E-state index in [0.29, 0.717) is 13.1 Å². The van der Waals surface area contributed by atoms with Crippen molar-refractivity contribution in [3.63, 3.8) is 0 Å². The first-order chi connectivity index (χ1) is 16.6. The number of benzene rings is 2. The Hall–Kier alpha value is -3.22. The molecule has 1 aromatic heterocycles. The molecule has 4 rings (SSSR count). The van der Waals surface area contributed by atoms with Crippen LogP contribution in [0.5, 0.6) is 0 Å². The maximum absolute atomic E-state index is 12.6. The van der Waals surface area contributed by atoms with E-state index in [4.69, 9.17) is 5.10 Å². The van der Waals surface area contributed by atoms with Gasteiger partial charge in [-0.15, -0.1) is 0 Å². The minimum atomic E-state index is 0.0760. The number of piperazine rings is 1. The minimum absolute atomic E-state index is 0.0760. The van der Waals surface area contributed by atoms with Crippen molar-refractivity contribution >= 4 is 12.0 Å². The van der Waals surface area contributed by atoms with E-state index in [1.165, 1.54) is 11.1 Å². The van der Waals surface area contributed by atoms with E-state index in [0.717, 1.165) is 56.2 Å². The van der Waals surface area contributed by atoms with Crippen molar-refractivity contribution in [2.45, 2.75) is 26.9 Å². The molecule has 1 aliphatic rings. The SMILES string of the molecule is Cc1nn(Cc2ccccc2)c(C)c1CNC(=O)CN1CCN(CC=Cc2ccccc2)CC1. The summed E-state index contributed by atoms with van der Waals surface area (Å²) < 4.78 is 2.03. The summed E-state index contributed by atoms with van der Waals surface area (Å²) in [5.41, 5.74) is 5.65. The van der Waals surface area contributed by atoms with Gasteiger partial charge in [-0.25, -0.2) is 0 Å². The van der Waals surface area contributed by atoms with Crippen molar-refractivity contribution in [2.24, 2.45) is 0 Å². The fraction of sp³-hybridized carbons (Fsp3) is 0.357. The molecule has 1 N–H and O–H groups in total. The van der Waals surface area contributed by atoms with Crippen molar-refractivity contribution in [3.8, 4) is 0 Å². The van der Waals surface area contributed by atoms with Gasteiger partial charge in [-0.3, -0.25) is 19.3 Å². The maximum atomic E-state index is 12.6. The van der Waals surface area contributed by atoms with E-state index in [1.807, 2.05) is 35.9 Å². The number of carbonyl (C=O) groups excluding carboxylic acids is 1. The Morgan fingerprint density at radius 3 is 2.29 bits per heavy atom. The number of hydrogen-bond donors (Lipinski definition) is 1. The van der Waals surface area contributed by atoms with Crippen LogP contribution in [0, 0.1) is 13.8 Å². The highest BCUT2D eigenvalue weighted by Crippen LogP contribution is 2.15. The Morgan fingerprint density at radius 2 is 1.59 bits per heavy atom. The molecule has 2 aromatic carbocycles. The molecule has 0 radical (unpaired) electrons. The Morgan fingerprint density at radius 1 is 0.941 bits per heavy atom. The second kappa shape index (κ2) is 11.8. The Labute approximate surface area is 202 Å². The van der Waals surface area contributed by atoms with Crippen molar-refractivity contribution in [1.82, 2.24) is 24.9 Å². The zero-order valence-electron chi connectivity index (χ0n) is 20.3. The number of carbonyl (C=O) groups is 1. The largest absolute Gasteiger partial charge is 0.351 e. The number of hydrogen-bond acceptors (Lipinski definition) is 4. The Bertz CT molecular complexity index is 1080. The summed E-state index contributed by atoms with van der Waals surface area (Å²) >= 11 is 0. The van der Waals surface area contributed by atoms with Gasteiger partial charge in [-0.1, -0.05) is 72.8 Å². The zero-order valence-corrected chi connectivity index (χ0v) is 20.3. The van der Waals surface area contributed by atoms with Gasteiger partial charge in [0.2, 0.25) is 5.91 Å². The van der Waals surface area contributed by atoms with Crippen LogP contribution in [0.15, 0.2) is 66.7 Å². The molecule has 1 aliphatic heterocycles. The van der Waals surface area contributed by atoms with E-state index in [1.54, 1.807) is 0 Å². The van der Waals surface area contributed by atoms with Crippen LogP contribution in [-0.4, -0.2) is 64.8 Å². The molecule has 1 fully saturated rings. The van der Waals surface area contributed by atoms with Crippen molar-refractivity contribution in [2.75, 3.05) is 39.3 Å². The summed E-state index contributed by atoms with van der Waals surface area (Å²) in [7, 11) is 0. The van der Waals surface area contributed by atoms with Crippen LogP contribution < -0.4 is 5.32 Å². The monoisotopic (exact) mass is 457 g/mol. The zero-order chi connectivity index (χ0) is 23.8. The van der Waals surface area contributed by atoms with Crippen LogP contribution in [0.2, 0.25) is 0 Å². The molecule has 6 nitrogen and oxygen atoms in total. The van der Waals surface area contributed by atoms with Gasteiger partial charge in [0.15, 0.2) is 0 Å². The van der Waals surface area contributed by atoms with Gasteiger partial charge in [-0.2, -0.15) is 5.10 Å². The normalized spacial score (nSPS) is 15.1. The third-order valence-corrected chi connectivity index (χ3v) is 6.47. The van der Waals surface area contributed by atoms with E-state index < -0.39 is 0 Å². The first-order valence-electron chi connectivity index (χ1n) is 12.1. The summed E-state index contributed by atoms with van der Waals surface area (Å²) in [6, 6.07) is 20.7. The van der Waals surface area contributed by atoms with Crippen LogP contribution in [0.3, 0.4) is 0 Å². The third-order valence-electron chi connectivity index (χ3n) is 6.47. The molecule has 0 spiro atoms. The van der Waals surface area contributed by atoms with Crippen molar-refractivity contribution < 1.29 is 4.79 Å². The minimum Gasteiger partial charge on any atom is -0.351 e. The molecule has 0 atom stereocenters. The second-order valence-corrected chi connectivity index (χ2v) is 8.96. The summed E-state index contributed by atoms with van der Waals surface area (Å²) in [5.74, 6) is 0.0760. The van der Waals surface area contributed by atoms with E-state index in [2.05, 4.69) is 70.6 Å². The predicted octanol–water partition coefficient (Wildman–Crippen LogP) is 3.50. The third kappa shape index (κ3) is 6.65. The molecule has 1 saturated heterocycles. The number of nitrogens with zero attached hydrogens (tertiary/aromatic N) is 4. The van der Waals surface area contributed by atoms with E-state index in [9.17, 15) is 4.79 Å². The summed E-state index contributed by atoms with van der Waals surface area (Å²) in [5, 5.41) is 7.81. The van der Waals surface area contributed by atoms with Crippen LogP contribution >= 0.6 is 0 Å². The first kappa shape index (κ1) is 23.9. The van der Waals surface area contributed by atoms with Crippen LogP contribution in [-0.2, 0) is 17.9 Å². The lowest BCUT2D eigenvalue weighted by Gasteiger charge is -2.33. The molecule has 0 aliphatic carbocycles. The average molecular weight is 458 g/mol. The molecular formula is C28H35N5O.